The predicted octanol–water partition coefficient (Wildman–Crippen LogP) is 4.94. The van der Waals surface area contributed by atoms with E-state index in [0.717, 1.165) is 36.9 Å². The van der Waals surface area contributed by atoms with E-state index in [2.05, 4.69) is 47.4 Å². The third-order valence-corrected chi connectivity index (χ3v) is 5.30. The molecule has 0 heterocycles. The topological polar surface area (TPSA) is 138 Å². The highest BCUT2D eigenvalue weighted by molar-refractivity contribution is 7.80. The molecule has 0 N–H and O–H groups in total. The first-order valence-electron chi connectivity index (χ1n) is 9.89. The summed E-state index contributed by atoms with van der Waals surface area (Å²) in [5, 5.41) is 19.2. The maximum absolute atomic E-state index is 10.8. The number of hydrogen-bond donors (Lipinski definition) is 0. The number of benzene rings is 2. The summed E-state index contributed by atoms with van der Waals surface area (Å²) in [6.45, 7) is 5.03. The van der Waals surface area contributed by atoms with E-state index in [4.69, 9.17) is 23.2 Å². The SMILES string of the molecule is CCN(CC[N+](C)(C)C)c1ccc(N=Nc2c(Cl)cc([N+](=O)[O-])cc2Cl)cc1.COS(=O)(=O)[O-]. The quantitative estimate of drug-likeness (QED) is 0.110. The first-order valence-corrected chi connectivity index (χ1v) is 12.0. The molecule has 11 nitrogen and oxygen atoms in total. The Morgan fingerprint density at radius 1 is 1.09 bits per heavy atom. The normalized spacial score (nSPS) is 11.8. The number of hydrogen-bond acceptors (Lipinski definition) is 9. The van der Waals surface area contributed by atoms with Crippen LogP contribution in [0.25, 0.3) is 0 Å². The summed E-state index contributed by atoms with van der Waals surface area (Å²) in [5.74, 6) is 0. The van der Waals surface area contributed by atoms with E-state index in [0.29, 0.717) is 5.69 Å². The maximum Gasteiger partial charge on any atom is 0.272 e. The summed E-state index contributed by atoms with van der Waals surface area (Å²) >= 11 is 12.1. The summed E-state index contributed by atoms with van der Waals surface area (Å²) in [4.78, 5) is 12.6. The van der Waals surface area contributed by atoms with E-state index in [-0.39, 0.29) is 21.4 Å². The fourth-order valence-electron chi connectivity index (χ4n) is 2.48. The Bertz CT molecular complexity index is 1080. The molecule has 0 unspecified atom stereocenters. The Balaban J connectivity index is 0.000000852. The average molecular weight is 536 g/mol. The molecule has 0 saturated carbocycles. The van der Waals surface area contributed by atoms with Crippen molar-refractivity contribution in [3.05, 3.63) is 56.6 Å². The highest BCUT2D eigenvalue weighted by Crippen LogP contribution is 2.37. The molecule has 0 radical (unpaired) electrons. The van der Waals surface area contributed by atoms with Crippen molar-refractivity contribution in [1.29, 1.82) is 0 Å². The van der Waals surface area contributed by atoms with Crippen molar-refractivity contribution in [3.63, 3.8) is 0 Å². The molecule has 0 aliphatic rings. The average Bonchev–Trinajstić information content (AvgIpc) is 2.73. The van der Waals surface area contributed by atoms with Gasteiger partial charge in [0.05, 0.1) is 62.0 Å². The number of nitrogens with zero attached hydrogens (tertiary/aromatic N) is 5. The van der Waals surface area contributed by atoms with Crippen molar-refractivity contribution in [2.45, 2.75) is 6.92 Å². The van der Waals surface area contributed by atoms with Gasteiger partial charge in [-0.15, -0.1) is 5.11 Å². The van der Waals surface area contributed by atoms with Gasteiger partial charge in [-0.1, -0.05) is 23.2 Å². The third-order valence-electron chi connectivity index (χ3n) is 4.32. The van der Waals surface area contributed by atoms with E-state index in [1.54, 1.807) is 0 Å². The monoisotopic (exact) mass is 535 g/mol. The molecule has 2 aromatic carbocycles. The molecule has 0 aliphatic heterocycles. The first-order chi connectivity index (χ1) is 15.7. The lowest BCUT2D eigenvalue weighted by atomic mass is 10.2. The Morgan fingerprint density at radius 2 is 1.59 bits per heavy atom. The fraction of sp³-hybridized carbons (Fsp3) is 0.400. The number of quaternary nitrogens is 1. The molecular weight excluding hydrogens is 509 g/mol. The zero-order chi connectivity index (χ0) is 26.1. The maximum atomic E-state index is 10.8. The van der Waals surface area contributed by atoms with Gasteiger partial charge in [-0.3, -0.25) is 14.3 Å². The summed E-state index contributed by atoms with van der Waals surface area (Å²) in [6.07, 6.45) is 0. The molecule has 2 aromatic rings. The van der Waals surface area contributed by atoms with Gasteiger partial charge in [0.15, 0.2) is 0 Å². The van der Waals surface area contributed by atoms with Crippen LogP contribution in [-0.4, -0.2) is 70.3 Å². The van der Waals surface area contributed by atoms with Crippen molar-refractivity contribution in [2.75, 3.05) is 52.8 Å². The van der Waals surface area contributed by atoms with Crippen LogP contribution in [0.1, 0.15) is 6.92 Å². The standard InChI is InChI=1S/C19H24Cl2N5O2.CH4O4S/c1-5-24(10-11-26(2,3)4)15-8-6-14(7-9-15)22-23-19-17(20)12-16(25(27)28)13-18(19)21;1-5-6(2,3)4/h6-9,12-13H,5,10-11H2,1-4H3;1H3,(H,2,3,4)/q+1;/p-1. The summed E-state index contributed by atoms with van der Waals surface area (Å²) in [6, 6.07) is 10.1. The molecule has 188 valence electrons. The van der Waals surface area contributed by atoms with Crippen molar-refractivity contribution in [2.24, 2.45) is 10.2 Å². The van der Waals surface area contributed by atoms with Crippen LogP contribution >= 0.6 is 23.2 Å². The molecule has 0 aromatic heterocycles. The van der Waals surface area contributed by atoms with Crippen LogP contribution in [0.2, 0.25) is 10.0 Å². The summed E-state index contributed by atoms with van der Waals surface area (Å²) in [7, 11) is 2.91. The number of rotatable bonds is 9. The second-order valence-electron chi connectivity index (χ2n) is 7.90. The van der Waals surface area contributed by atoms with Crippen molar-refractivity contribution in [3.8, 4) is 0 Å². The molecule has 0 amide bonds. The van der Waals surface area contributed by atoms with Gasteiger partial charge in [-0.25, -0.2) is 8.42 Å². The van der Waals surface area contributed by atoms with Gasteiger partial charge in [-0.05, 0) is 31.2 Å². The van der Waals surface area contributed by atoms with Crippen LogP contribution in [0.5, 0.6) is 0 Å². The number of non-ortho nitro benzene ring substituents is 1. The van der Waals surface area contributed by atoms with Gasteiger partial charge in [-0.2, -0.15) is 5.11 Å². The van der Waals surface area contributed by atoms with Gasteiger partial charge in [0.2, 0.25) is 10.4 Å². The number of halogens is 2. The molecule has 0 bridgehead atoms. The van der Waals surface area contributed by atoms with Crippen LogP contribution in [0.3, 0.4) is 0 Å². The van der Waals surface area contributed by atoms with Gasteiger partial charge >= 0.3 is 0 Å². The molecule has 0 fully saturated rings. The van der Waals surface area contributed by atoms with Crippen LogP contribution in [0, 0.1) is 10.1 Å². The predicted molar refractivity (Wildman–Crippen MR) is 131 cm³/mol. The Morgan fingerprint density at radius 3 is 1.97 bits per heavy atom. The second-order valence-corrected chi connectivity index (χ2v) is 9.86. The van der Waals surface area contributed by atoms with Crippen molar-refractivity contribution < 1.29 is 26.6 Å². The van der Waals surface area contributed by atoms with E-state index < -0.39 is 15.3 Å². The first kappa shape index (κ1) is 29.7. The molecule has 0 spiro atoms. The lowest BCUT2D eigenvalue weighted by Gasteiger charge is -2.29. The van der Waals surface area contributed by atoms with Gasteiger partial charge in [0.25, 0.3) is 5.69 Å². The number of nitro benzene ring substituents is 1. The van der Waals surface area contributed by atoms with E-state index >= 15 is 0 Å². The Labute approximate surface area is 209 Å². The van der Waals surface area contributed by atoms with Crippen molar-refractivity contribution >= 4 is 56.4 Å². The van der Waals surface area contributed by atoms with E-state index in [9.17, 15) is 23.1 Å². The zero-order valence-electron chi connectivity index (χ0n) is 19.4. The van der Waals surface area contributed by atoms with Gasteiger partial charge < -0.3 is 13.9 Å². The van der Waals surface area contributed by atoms with E-state index in [1.807, 2.05) is 24.3 Å². The van der Waals surface area contributed by atoms with Gasteiger partial charge in [0, 0.05) is 24.4 Å². The third kappa shape index (κ3) is 10.7. The molecular formula is C20H27Cl2N5O6S. The Hall–Kier alpha value is -2.35. The lowest BCUT2D eigenvalue weighted by molar-refractivity contribution is -0.868. The van der Waals surface area contributed by atoms with Crippen molar-refractivity contribution in [1.82, 2.24) is 0 Å². The zero-order valence-corrected chi connectivity index (χ0v) is 21.8. The smallest absolute Gasteiger partial charge is 0.272 e. The van der Waals surface area contributed by atoms with Gasteiger partial charge in [0.1, 0.15) is 5.69 Å². The van der Waals surface area contributed by atoms with Crippen LogP contribution < -0.4 is 4.90 Å². The number of anilines is 1. The fourth-order valence-corrected chi connectivity index (χ4v) is 3.03. The number of nitro groups is 1. The molecule has 0 aliphatic carbocycles. The minimum absolute atomic E-state index is 0.0806. The van der Waals surface area contributed by atoms with Crippen LogP contribution in [0.15, 0.2) is 46.6 Å². The Kier molecular flexibility index (Phi) is 11.3. The molecule has 0 atom stereocenters. The number of likely N-dealkylation sites (N-methyl/N-ethyl adjacent to an activating group) is 2. The number of azo groups is 1. The molecule has 2 rings (SSSR count). The lowest BCUT2D eigenvalue weighted by Crippen LogP contribution is -2.42. The van der Waals surface area contributed by atoms with Crippen LogP contribution in [-0.2, 0) is 14.6 Å². The van der Waals surface area contributed by atoms with Crippen LogP contribution in [0.4, 0.5) is 22.7 Å². The molecule has 34 heavy (non-hydrogen) atoms. The van der Waals surface area contributed by atoms with E-state index in [1.165, 1.54) is 12.1 Å². The highest BCUT2D eigenvalue weighted by atomic mass is 35.5. The largest absolute Gasteiger partial charge is 0.726 e. The molecule has 14 heteroatoms. The molecule has 0 saturated heterocycles. The summed E-state index contributed by atoms with van der Waals surface area (Å²) < 4.78 is 31.9. The minimum atomic E-state index is -4.41. The second kappa shape index (κ2) is 12.9. The summed E-state index contributed by atoms with van der Waals surface area (Å²) in [5.41, 5.74) is 1.76. The highest BCUT2D eigenvalue weighted by Gasteiger charge is 2.15. The minimum Gasteiger partial charge on any atom is -0.726 e.